The molecule has 0 atom stereocenters. The first kappa shape index (κ1) is 15.8. The maximum atomic E-state index is 4.75. The molecule has 0 bridgehead atoms. The van der Waals surface area contributed by atoms with E-state index in [9.17, 15) is 0 Å². The smallest absolute Gasteiger partial charge is 0.146 e. The Balaban J connectivity index is 1.46. The van der Waals surface area contributed by atoms with E-state index in [0.717, 1.165) is 24.1 Å². The summed E-state index contributed by atoms with van der Waals surface area (Å²) >= 11 is 0. The number of nitrogens with zero attached hydrogens (tertiary/aromatic N) is 3. The molecule has 2 aliphatic carbocycles. The second-order valence-electron chi connectivity index (χ2n) is 8.69. The minimum absolute atomic E-state index is 0.958. The summed E-state index contributed by atoms with van der Waals surface area (Å²) in [6.07, 6.45) is 7.76. The third-order valence-corrected chi connectivity index (χ3v) is 7.16. The lowest BCUT2D eigenvalue weighted by atomic mass is 9.96. The van der Waals surface area contributed by atoms with Crippen LogP contribution >= 0.6 is 0 Å². The number of aromatic nitrogens is 3. The van der Waals surface area contributed by atoms with Gasteiger partial charge in [-0.2, -0.15) is 0 Å². The van der Waals surface area contributed by atoms with Crippen LogP contribution in [0.15, 0.2) is 79.3 Å². The molecule has 3 heteroatoms. The van der Waals surface area contributed by atoms with Crippen LogP contribution in [0.3, 0.4) is 0 Å². The van der Waals surface area contributed by atoms with Gasteiger partial charge in [-0.05, 0) is 80.9 Å². The standard InChI is InChI=1S/C28H17N3/c1-2-5-19-16(4-1)12-17-13-18-14-25-20(24(18)15-23(17)19)7-8-21-22-6-3-9-29-27(22)31-11-10-30-28(31)26(21)25/h1-11,13,15H,12,14H2. The fraction of sp³-hybridized carbons (Fsp3) is 0.0714. The van der Waals surface area contributed by atoms with Crippen molar-refractivity contribution in [3.8, 4) is 22.3 Å². The lowest BCUT2D eigenvalue weighted by Gasteiger charge is -2.11. The summed E-state index contributed by atoms with van der Waals surface area (Å²) in [5.41, 5.74) is 13.2. The predicted molar refractivity (Wildman–Crippen MR) is 124 cm³/mol. The summed E-state index contributed by atoms with van der Waals surface area (Å²) in [6, 6.07) is 22.5. The van der Waals surface area contributed by atoms with Crippen molar-refractivity contribution < 1.29 is 0 Å². The Bertz CT molecular complexity index is 1740. The quantitative estimate of drug-likeness (QED) is 0.287. The van der Waals surface area contributed by atoms with Gasteiger partial charge in [0, 0.05) is 29.4 Å². The first-order valence-electron chi connectivity index (χ1n) is 10.8. The highest BCUT2D eigenvalue weighted by Gasteiger charge is 2.27. The van der Waals surface area contributed by atoms with E-state index >= 15 is 0 Å². The molecule has 0 saturated carbocycles. The SMILES string of the molecule is c1ccc2c(c1)Cc1cc3c(cc1-2)-c1ccc2c4cccnc4n4ccnc4c2c1C3. The van der Waals surface area contributed by atoms with Gasteiger partial charge in [0.2, 0.25) is 0 Å². The summed E-state index contributed by atoms with van der Waals surface area (Å²) in [7, 11) is 0. The number of hydrogen-bond donors (Lipinski definition) is 0. The van der Waals surface area contributed by atoms with Crippen molar-refractivity contribution in [2.24, 2.45) is 0 Å². The van der Waals surface area contributed by atoms with Crippen molar-refractivity contribution in [1.82, 2.24) is 14.4 Å². The van der Waals surface area contributed by atoms with Gasteiger partial charge in [0.05, 0.1) is 0 Å². The molecular weight excluding hydrogens is 378 g/mol. The van der Waals surface area contributed by atoms with Crippen LogP contribution in [0.4, 0.5) is 0 Å². The summed E-state index contributed by atoms with van der Waals surface area (Å²) in [6.45, 7) is 0. The zero-order valence-electron chi connectivity index (χ0n) is 16.8. The third-order valence-electron chi connectivity index (χ3n) is 7.16. The minimum atomic E-state index is 0.958. The molecule has 8 rings (SSSR count). The maximum Gasteiger partial charge on any atom is 0.146 e. The molecule has 3 heterocycles. The lowest BCUT2D eigenvalue weighted by Crippen LogP contribution is -1.95. The Morgan fingerprint density at radius 3 is 2.48 bits per heavy atom. The van der Waals surface area contributed by atoms with Crippen molar-refractivity contribution >= 4 is 27.5 Å². The molecule has 6 aromatic rings. The second-order valence-corrected chi connectivity index (χ2v) is 8.69. The molecule has 0 spiro atoms. The molecule has 0 N–H and O–H groups in total. The summed E-state index contributed by atoms with van der Waals surface area (Å²) in [4.78, 5) is 9.40. The number of pyridine rings is 2. The molecule has 0 radical (unpaired) electrons. The number of benzene rings is 3. The van der Waals surface area contributed by atoms with Crippen molar-refractivity contribution in [3.63, 3.8) is 0 Å². The van der Waals surface area contributed by atoms with E-state index in [1.165, 1.54) is 60.7 Å². The molecule has 144 valence electrons. The zero-order valence-corrected chi connectivity index (χ0v) is 16.8. The summed E-state index contributed by atoms with van der Waals surface area (Å²) < 4.78 is 2.14. The highest BCUT2D eigenvalue weighted by Crippen LogP contribution is 2.47. The van der Waals surface area contributed by atoms with Gasteiger partial charge in [-0.25, -0.2) is 9.97 Å². The van der Waals surface area contributed by atoms with Crippen molar-refractivity contribution in [3.05, 3.63) is 102 Å². The Morgan fingerprint density at radius 1 is 0.613 bits per heavy atom. The second kappa shape index (κ2) is 5.38. The van der Waals surface area contributed by atoms with E-state index in [2.05, 4.69) is 64.0 Å². The fourth-order valence-electron chi connectivity index (χ4n) is 5.84. The number of hydrogen-bond acceptors (Lipinski definition) is 2. The Kier molecular flexibility index (Phi) is 2.74. The van der Waals surface area contributed by atoms with Gasteiger partial charge in [-0.1, -0.05) is 42.5 Å². The summed E-state index contributed by atoms with van der Waals surface area (Å²) in [5, 5.41) is 3.68. The lowest BCUT2D eigenvalue weighted by molar-refractivity contribution is 1.19. The topological polar surface area (TPSA) is 30.2 Å². The van der Waals surface area contributed by atoms with Crippen LogP contribution in [0.2, 0.25) is 0 Å². The van der Waals surface area contributed by atoms with Gasteiger partial charge in [0.1, 0.15) is 11.3 Å². The van der Waals surface area contributed by atoms with Crippen molar-refractivity contribution in [2.45, 2.75) is 12.8 Å². The van der Waals surface area contributed by atoms with Crippen LogP contribution in [-0.2, 0) is 12.8 Å². The van der Waals surface area contributed by atoms with Crippen molar-refractivity contribution in [2.75, 3.05) is 0 Å². The largest absolute Gasteiger partial charge is 0.283 e. The average Bonchev–Trinajstić information content (AvgIpc) is 3.52. The van der Waals surface area contributed by atoms with E-state index in [1.807, 2.05) is 24.7 Å². The number of imidazole rings is 1. The third kappa shape index (κ3) is 1.89. The molecule has 0 aliphatic heterocycles. The van der Waals surface area contributed by atoms with E-state index in [1.54, 1.807) is 0 Å². The summed E-state index contributed by atoms with van der Waals surface area (Å²) in [5.74, 6) is 0. The van der Waals surface area contributed by atoms with Gasteiger partial charge in [0.15, 0.2) is 0 Å². The van der Waals surface area contributed by atoms with Crippen LogP contribution in [-0.4, -0.2) is 14.4 Å². The van der Waals surface area contributed by atoms with Crippen LogP contribution in [0.1, 0.15) is 22.3 Å². The van der Waals surface area contributed by atoms with Crippen molar-refractivity contribution in [1.29, 1.82) is 0 Å². The normalized spacial score (nSPS) is 13.5. The molecular formula is C28H17N3. The monoisotopic (exact) mass is 395 g/mol. The van der Waals surface area contributed by atoms with Crippen LogP contribution in [0, 0.1) is 0 Å². The van der Waals surface area contributed by atoms with Gasteiger partial charge in [-0.3, -0.25) is 4.40 Å². The number of fused-ring (bicyclic) bond motifs is 13. The molecule has 3 aromatic heterocycles. The minimum Gasteiger partial charge on any atom is -0.283 e. The van der Waals surface area contributed by atoms with E-state index in [0.29, 0.717) is 0 Å². The molecule has 0 fully saturated rings. The molecule has 0 unspecified atom stereocenters. The van der Waals surface area contributed by atoms with Gasteiger partial charge in [0.25, 0.3) is 0 Å². The molecule has 31 heavy (non-hydrogen) atoms. The molecule has 2 aliphatic rings. The molecule has 0 amide bonds. The molecule has 3 nitrogen and oxygen atoms in total. The van der Waals surface area contributed by atoms with Crippen LogP contribution in [0.25, 0.3) is 49.7 Å². The van der Waals surface area contributed by atoms with Gasteiger partial charge < -0.3 is 0 Å². The molecule has 3 aromatic carbocycles. The predicted octanol–water partition coefficient (Wildman–Crippen LogP) is 6.18. The first-order chi connectivity index (χ1) is 15.4. The average molecular weight is 395 g/mol. The van der Waals surface area contributed by atoms with Crippen LogP contribution in [0.5, 0.6) is 0 Å². The Morgan fingerprint density at radius 2 is 1.48 bits per heavy atom. The maximum absolute atomic E-state index is 4.75. The number of rotatable bonds is 0. The Labute approximate surface area is 178 Å². The first-order valence-corrected chi connectivity index (χ1v) is 10.8. The highest BCUT2D eigenvalue weighted by molar-refractivity contribution is 6.14. The highest BCUT2D eigenvalue weighted by atomic mass is 15.0. The fourth-order valence-corrected chi connectivity index (χ4v) is 5.84. The van der Waals surface area contributed by atoms with Gasteiger partial charge >= 0.3 is 0 Å². The van der Waals surface area contributed by atoms with E-state index in [4.69, 9.17) is 4.98 Å². The zero-order chi connectivity index (χ0) is 20.1. The van der Waals surface area contributed by atoms with Crippen LogP contribution < -0.4 is 0 Å². The van der Waals surface area contributed by atoms with E-state index in [-0.39, 0.29) is 0 Å². The molecule has 0 saturated heterocycles. The van der Waals surface area contributed by atoms with E-state index < -0.39 is 0 Å². The Hall–Kier alpha value is -3.98. The van der Waals surface area contributed by atoms with Gasteiger partial charge in [-0.15, -0.1) is 0 Å².